The van der Waals surface area contributed by atoms with Crippen molar-refractivity contribution in [2.45, 2.75) is 13.3 Å². The Labute approximate surface area is 105 Å². The van der Waals surface area contributed by atoms with Crippen LogP contribution >= 0.6 is 11.3 Å². The van der Waals surface area contributed by atoms with Gasteiger partial charge in [0.2, 0.25) is 5.88 Å². The zero-order chi connectivity index (χ0) is 12.1. The van der Waals surface area contributed by atoms with Crippen LogP contribution in [0.15, 0.2) is 23.7 Å². The molecule has 0 saturated carbocycles. The number of hydrogen-bond acceptors (Lipinski definition) is 5. The highest BCUT2D eigenvalue weighted by Crippen LogP contribution is 2.13. The van der Waals surface area contributed by atoms with Crippen LogP contribution in [0.2, 0.25) is 0 Å². The SMILES string of the molecule is COc1cc(NCCc2csc(C)n2)ccn1. The van der Waals surface area contributed by atoms with Gasteiger partial charge in [0.05, 0.1) is 17.8 Å². The number of hydrogen-bond donors (Lipinski definition) is 1. The van der Waals surface area contributed by atoms with Gasteiger partial charge < -0.3 is 10.1 Å². The lowest BCUT2D eigenvalue weighted by molar-refractivity contribution is 0.398. The molecule has 0 saturated heterocycles. The first-order chi connectivity index (χ1) is 8.28. The fraction of sp³-hybridized carbons (Fsp3) is 0.333. The summed E-state index contributed by atoms with van der Waals surface area (Å²) in [6.07, 6.45) is 2.66. The van der Waals surface area contributed by atoms with Crippen molar-refractivity contribution in [3.63, 3.8) is 0 Å². The Morgan fingerprint density at radius 3 is 3.06 bits per heavy atom. The van der Waals surface area contributed by atoms with Crippen LogP contribution in [0.5, 0.6) is 5.88 Å². The highest BCUT2D eigenvalue weighted by atomic mass is 32.1. The standard InChI is InChI=1S/C12H15N3OS/c1-9-15-11(8-17-9)4-5-13-10-3-6-14-12(7-10)16-2/h3,6-8H,4-5H2,1-2H3,(H,13,14). The van der Waals surface area contributed by atoms with E-state index in [1.807, 2.05) is 19.1 Å². The molecule has 0 aliphatic heterocycles. The summed E-state index contributed by atoms with van der Waals surface area (Å²) in [5.74, 6) is 0.625. The molecular weight excluding hydrogens is 234 g/mol. The monoisotopic (exact) mass is 249 g/mol. The summed E-state index contributed by atoms with van der Waals surface area (Å²) in [4.78, 5) is 8.47. The summed E-state index contributed by atoms with van der Waals surface area (Å²) in [6.45, 7) is 2.88. The van der Waals surface area contributed by atoms with E-state index in [-0.39, 0.29) is 0 Å². The van der Waals surface area contributed by atoms with E-state index in [0.717, 1.165) is 29.4 Å². The molecule has 0 spiro atoms. The summed E-state index contributed by atoms with van der Waals surface area (Å²) in [6, 6.07) is 3.81. The molecule has 90 valence electrons. The number of pyridine rings is 1. The number of nitrogens with one attached hydrogen (secondary N) is 1. The molecule has 2 rings (SSSR count). The molecule has 0 aromatic carbocycles. The second-order valence-corrected chi connectivity index (χ2v) is 4.68. The van der Waals surface area contributed by atoms with Gasteiger partial charge in [0.15, 0.2) is 0 Å². The number of ether oxygens (including phenoxy) is 1. The summed E-state index contributed by atoms with van der Waals surface area (Å²) >= 11 is 1.69. The Kier molecular flexibility index (Phi) is 3.93. The molecule has 0 atom stereocenters. The first-order valence-corrected chi connectivity index (χ1v) is 6.31. The van der Waals surface area contributed by atoms with Gasteiger partial charge in [0, 0.05) is 36.3 Å². The van der Waals surface area contributed by atoms with E-state index in [2.05, 4.69) is 20.7 Å². The maximum absolute atomic E-state index is 5.06. The van der Waals surface area contributed by atoms with Gasteiger partial charge in [-0.05, 0) is 13.0 Å². The smallest absolute Gasteiger partial charge is 0.214 e. The molecule has 4 nitrogen and oxygen atoms in total. The van der Waals surface area contributed by atoms with Gasteiger partial charge in [-0.3, -0.25) is 0 Å². The minimum atomic E-state index is 0.625. The van der Waals surface area contributed by atoms with Gasteiger partial charge >= 0.3 is 0 Å². The van der Waals surface area contributed by atoms with Crippen molar-refractivity contribution in [1.82, 2.24) is 9.97 Å². The number of nitrogens with zero attached hydrogens (tertiary/aromatic N) is 2. The Hall–Kier alpha value is -1.62. The average molecular weight is 249 g/mol. The highest BCUT2D eigenvalue weighted by molar-refractivity contribution is 7.09. The van der Waals surface area contributed by atoms with Gasteiger partial charge in [0.25, 0.3) is 0 Å². The Balaban J connectivity index is 1.85. The van der Waals surface area contributed by atoms with Crippen molar-refractivity contribution in [2.75, 3.05) is 19.0 Å². The zero-order valence-corrected chi connectivity index (χ0v) is 10.8. The fourth-order valence-corrected chi connectivity index (χ4v) is 2.14. The lowest BCUT2D eigenvalue weighted by atomic mass is 10.3. The largest absolute Gasteiger partial charge is 0.481 e. The van der Waals surface area contributed by atoms with Crippen LogP contribution in [-0.4, -0.2) is 23.6 Å². The summed E-state index contributed by atoms with van der Waals surface area (Å²) < 4.78 is 5.06. The maximum atomic E-state index is 5.06. The third-order valence-corrected chi connectivity index (χ3v) is 3.14. The summed E-state index contributed by atoms with van der Waals surface area (Å²) in [5.41, 5.74) is 2.16. The molecule has 2 aromatic heterocycles. The van der Waals surface area contributed by atoms with E-state index in [0.29, 0.717) is 5.88 Å². The van der Waals surface area contributed by atoms with Crippen molar-refractivity contribution in [3.05, 3.63) is 34.4 Å². The fourth-order valence-electron chi connectivity index (χ4n) is 1.49. The van der Waals surface area contributed by atoms with Crippen LogP contribution < -0.4 is 10.1 Å². The van der Waals surface area contributed by atoms with Crippen LogP contribution in [0.25, 0.3) is 0 Å². The minimum absolute atomic E-state index is 0.625. The normalized spacial score (nSPS) is 10.2. The van der Waals surface area contributed by atoms with E-state index in [1.165, 1.54) is 0 Å². The van der Waals surface area contributed by atoms with Crippen LogP contribution in [0.3, 0.4) is 0 Å². The maximum Gasteiger partial charge on any atom is 0.214 e. The molecule has 0 fully saturated rings. The van der Waals surface area contributed by atoms with Crippen molar-refractivity contribution >= 4 is 17.0 Å². The van der Waals surface area contributed by atoms with Crippen LogP contribution in [0.1, 0.15) is 10.7 Å². The van der Waals surface area contributed by atoms with E-state index >= 15 is 0 Å². The molecule has 2 aromatic rings. The van der Waals surface area contributed by atoms with Crippen molar-refractivity contribution < 1.29 is 4.74 Å². The molecule has 0 aliphatic rings. The summed E-state index contributed by atoms with van der Waals surface area (Å²) in [5, 5.41) is 6.54. The topological polar surface area (TPSA) is 47.0 Å². The van der Waals surface area contributed by atoms with E-state index in [4.69, 9.17) is 4.74 Å². The van der Waals surface area contributed by atoms with Crippen molar-refractivity contribution in [3.8, 4) is 5.88 Å². The zero-order valence-electron chi connectivity index (χ0n) is 9.93. The van der Waals surface area contributed by atoms with E-state index in [1.54, 1.807) is 24.6 Å². The van der Waals surface area contributed by atoms with Crippen LogP contribution in [0.4, 0.5) is 5.69 Å². The average Bonchev–Trinajstić information content (AvgIpc) is 2.75. The van der Waals surface area contributed by atoms with Gasteiger partial charge in [-0.25, -0.2) is 9.97 Å². The first-order valence-electron chi connectivity index (χ1n) is 5.43. The van der Waals surface area contributed by atoms with Crippen molar-refractivity contribution in [2.24, 2.45) is 0 Å². The Bertz CT molecular complexity index is 484. The number of anilines is 1. The summed E-state index contributed by atoms with van der Waals surface area (Å²) in [7, 11) is 1.62. The Morgan fingerprint density at radius 1 is 1.47 bits per heavy atom. The second-order valence-electron chi connectivity index (χ2n) is 3.62. The number of aromatic nitrogens is 2. The number of methoxy groups -OCH3 is 1. The van der Waals surface area contributed by atoms with Crippen LogP contribution in [0, 0.1) is 6.92 Å². The quantitative estimate of drug-likeness (QED) is 0.884. The number of thiazole rings is 1. The lowest BCUT2D eigenvalue weighted by Gasteiger charge is -2.06. The van der Waals surface area contributed by atoms with Crippen molar-refractivity contribution in [1.29, 1.82) is 0 Å². The second kappa shape index (κ2) is 5.63. The van der Waals surface area contributed by atoms with Gasteiger partial charge in [0.1, 0.15) is 0 Å². The molecule has 0 amide bonds. The van der Waals surface area contributed by atoms with E-state index < -0.39 is 0 Å². The predicted molar refractivity (Wildman–Crippen MR) is 69.8 cm³/mol. The lowest BCUT2D eigenvalue weighted by Crippen LogP contribution is -2.05. The Morgan fingerprint density at radius 2 is 2.35 bits per heavy atom. The van der Waals surface area contributed by atoms with Gasteiger partial charge in [-0.15, -0.1) is 11.3 Å². The number of aryl methyl sites for hydroxylation is 1. The molecule has 0 aliphatic carbocycles. The van der Waals surface area contributed by atoms with Crippen LogP contribution in [-0.2, 0) is 6.42 Å². The first kappa shape index (κ1) is 11.9. The third kappa shape index (κ3) is 3.42. The van der Waals surface area contributed by atoms with Gasteiger partial charge in [-0.2, -0.15) is 0 Å². The van der Waals surface area contributed by atoms with Gasteiger partial charge in [-0.1, -0.05) is 0 Å². The molecular formula is C12H15N3OS. The molecule has 1 N–H and O–H groups in total. The molecule has 2 heterocycles. The third-order valence-electron chi connectivity index (χ3n) is 2.32. The highest BCUT2D eigenvalue weighted by Gasteiger charge is 1.99. The predicted octanol–water partition coefficient (Wildman–Crippen LogP) is 2.51. The molecule has 0 unspecified atom stereocenters. The molecule has 0 radical (unpaired) electrons. The molecule has 17 heavy (non-hydrogen) atoms. The molecule has 5 heteroatoms. The minimum Gasteiger partial charge on any atom is -0.481 e. The number of rotatable bonds is 5. The molecule has 0 bridgehead atoms. The van der Waals surface area contributed by atoms with E-state index in [9.17, 15) is 0 Å².